The number of nitrogens with zero attached hydrogens (tertiary/aromatic N) is 3. The van der Waals surface area contributed by atoms with E-state index in [0.29, 0.717) is 0 Å². The standard InChI is InChI=1S/C10H9ClN4O4S/c1-15-9(6(11)5-13-15)20(18,19)14-7-3-2-4-12-8(7)10(16)17/h2-5,14H,1H3,(H,16,17). The predicted octanol–water partition coefficient (Wildman–Crippen LogP) is 0.968. The monoisotopic (exact) mass is 316 g/mol. The van der Waals surface area contributed by atoms with Gasteiger partial charge in [-0.05, 0) is 12.1 Å². The second-order valence-electron chi connectivity index (χ2n) is 3.73. The normalized spacial score (nSPS) is 11.3. The summed E-state index contributed by atoms with van der Waals surface area (Å²) in [5.41, 5.74) is -0.563. The number of carbonyl (C=O) groups is 1. The third-order valence-electron chi connectivity index (χ3n) is 2.35. The molecule has 0 amide bonds. The minimum atomic E-state index is -4.07. The number of nitrogens with one attached hydrogen (secondary N) is 1. The molecule has 2 heterocycles. The first-order chi connectivity index (χ1) is 9.33. The highest BCUT2D eigenvalue weighted by Gasteiger charge is 2.25. The molecule has 2 aromatic heterocycles. The van der Waals surface area contributed by atoms with Crippen LogP contribution in [0.15, 0.2) is 29.6 Å². The Morgan fingerprint density at radius 2 is 2.20 bits per heavy atom. The van der Waals surface area contributed by atoms with Crippen molar-refractivity contribution in [2.45, 2.75) is 5.03 Å². The Morgan fingerprint density at radius 1 is 1.50 bits per heavy atom. The molecule has 0 fully saturated rings. The molecule has 0 bridgehead atoms. The van der Waals surface area contributed by atoms with Crippen molar-refractivity contribution in [2.75, 3.05) is 4.72 Å². The van der Waals surface area contributed by atoms with Crippen LogP contribution < -0.4 is 4.72 Å². The molecule has 0 aliphatic rings. The van der Waals surface area contributed by atoms with E-state index >= 15 is 0 Å². The number of anilines is 1. The number of halogens is 1. The van der Waals surface area contributed by atoms with Crippen LogP contribution in [0.3, 0.4) is 0 Å². The highest BCUT2D eigenvalue weighted by atomic mass is 35.5. The largest absolute Gasteiger partial charge is 0.476 e. The smallest absolute Gasteiger partial charge is 0.356 e. The van der Waals surface area contributed by atoms with Gasteiger partial charge in [0.15, 0.2) is 10.7 Å². The summed E-state index contributed by atoms with van der Waals surface area (Å²) < 4.78 is 27.6. The molecule has 0 unspecified atom stereocenters. The van der Waals surface area contributed by atoms with Crippen molar-refractivity contribution in [3.63, 3.8) is 0 Å². The Kier molecular flexibility index (Phi) is 3.64. The number of hydrogen-bond donors (Lipinski definition) is 2. The van der Waals surface area contributed by atoms with E-state index in [-0.39, 0.29) is 15.7 Å². The number of hydrogen-bond acceptors (Lipinski definition) is 5. The van der Waals surface area contributed by atoms with Crippen LogP contribution in [0.5, 0.6) is 0 Å². The maximum absolute atomic E-state index is 12.2. The maximum atomic E-state index is 12.2. The molecule has 20 heavy (non-hydrogen) atoms. The van der Waals surface area contributed by atoms with Crippen LogP contribution in [0.1, 0.15) is 10.5 Å². The van der Waals surface area contributed by atoms with E-state index in [0.717, 1.165) is 4.68 Å². The van der Waals surface area contributed by atoms with E-state index < -0.39 is 21.7 Å². The third-order valence-corrected chi connectivity index (χ3v) is 4.22. The molecular weight excluding hydrogens is 308 g/mol. The lowest BCUT2D eigenvalue weighted by atomic mass is 10.3. The van der Waals surface area contributed by atoms with Gasteiger partial charge >= 0.3 is 5.97 Å². The number of carboxylic acid groups (broad SMARTS) is 1. The van der Waals surface area contributed by atoms with Gasteiger partial charge in [0.25, 0.3) is 10.0 Å². The molecule has 0 aromatic carbocycles. The summed E-state index contributed by atoms with van der Waals surface area (Å²) in [6.45, 7) is 0. The van der Waals surface area contributed by atoms with Gasteiger partial charge in [-0.3, -0.25) is 9.40 Å². The van der Waals surface area contributed by atoms with Crippen molar-refractivity contribution in [3.8, 4) is 0 Å². The fourth-order valence-corrected chi connectivity index (χ4v) is 3.28. The van der Waals surface area contributed by atoms with Gasteiger partial charge in [0.05, 0.1) is 16.9 Å². The Balaban J connectivity index is 2.47. The van der Waals surface area contributed by atoms with E-state index in [1.54, 1.807) is 0 Å². The van der Waals surface area contributed by atoms with Crippen LogP contribution in [0.4, 0.5) is 5.69 Å². The molecule has 0 saturated heterocycles. The van der Waals surface area contributed by atoms with Crippen LogP contribution >= 0.6 is 11.6 Å². The lowest BCUT2D eigenvalue weighted by molar-refractivity contribution is 0.0692. The molecule has 0 aliphatic heterocycles. The molecule has 2 aromatic rings. The van der Waals surface area contributed by atoms with Crippen molar-refractivity contribution < 1.29 is 18.3 Å². The fourth-order valence-electron chi connectivity index (χ4n) is 1.55. The van der Waals surface area contributed by atoms with E-state index in [9.17, 15) is 13.2 Å². The number of sulfonamides is 1. The Bertz CT molecular complexity index is 752. The first-order valence-electron chi connectivity index (χ1n) is 5.21. The molecule has 10 heteroatoms. The predicted molar refractivity (Wildman–Crippen MR) is 70.2 cm³/mol. The van der Waals surface area contributed by atoms with E-state index in [1.165, 1.54) is 31.6 Å². The lowest BCUT2D eigenvalue weighted by Crippen LogP contribution is -2.19. The zero-order valence-electron chi connectivity index (χ0n) is 10.1. The number of rotatable bonds is 4. The Morgan fingerprint density at radius 3 is 2.75 bits per heavy atom. The minimum Gasteiger partial charge on any atom is -0.476 e. The number of aryl methyl sites for hydroxylation is 1. The SMILES string of the molecule is Cn1ncc(Cl)c1S(=O)(=O)Nc1cccnc1C(=O)O. The summed E-state index contributed by atoms with van der Waals surface area (Å²) in [4.78, 5) is 14.6. The molecule has 106 valence electrons. The summed E-state index contributed by atoms with van der Waals surface area (Å²) >= 11 is 5.76. The Hall–Kier alpha value is -2.13. The van der Waals surface area contributed by atoms with Gasteiger partial charge in [-0.2, -0.15) is 13.5 Å². The molecule has 0 radical (unpaired) electrons. The highest BCUT2D eigenvalue weighted by Crippen LogP contribution is 2.23. The molecule has 0 aliphatic carbocycles. The summed E-state index contributed by atoms with van der Waals surface area (Å²) in [7, 11) is -2.67. The number of aromatic nitrogens is 3. The van der Waals surface area contributed by atoms with Crippen molar-refractivity contribution in [2.24, 2.45) is 7.05 Å². The second kappa shape index (κ2) is 5.10. The van der Waals surface area contributed by atoms with Crippen LogP contribution in [0, 0.1) is 0 Å². The van der Waals surface area contributed by atoms with Gasteiger partial charge in [-0.15, -0.1) is 0 Å². The first kappa shape index (κ1) is 14.3. The van der Waals surface area contributed by atoms with E-state index in [4.69, 9.17) is 16.7 Å². The van der Waals surface area contributed by atoms with Gasteiger partial charge < -0.3 is 5.11 Å². The van der Waals surface area contributed by atoms with Crippen LogP contribution in [-0.4, -0.2) is 34.3 Å². The second-order valence-corrected chi connectivity index (χ2v) is 5.74. The van der Waals surface area contributed by atoms with Crippen LogP contribution in [0.2, 0.25) is 5.02 Å². The van der Waals surface area contributed by atoms with Crippen molar-refractivity contribution >= 4 is 33.3 Å². The first-order valence-corrected chi connectivity index (χ1v) is 7.07. The van der Waals surface area contributed by atoms with Gasteiger partial charge in [-0.1, -0.05) is 11.6 Å². The van der Waals surface area contributed by atoms with Crippen molar-refractivity contribution in [1.82, 2.24) is 14.8 Å². The van der Waals surface area contributed by atoms with Crippen molar-refractivity contribution in [3.05, 3.63) is 35.2 Å². The molecule has 2 N–H and O–H groups in total. The summed E-state index contributed by atoms with van der Waals surface area (Å²) in [5.74, 6) is -1.35. The Labute approximate surface area is 119 Å². The molecular formula is C10H9ClN4O4S. The molecule has 8 nitrogen and oxygen atoms in total. The molecule has 0 saturated carbocycles. The minimum absolute atomic E-state index is 0.0687. The maximum Gasteiger partial charge on any atom is 0.356 e. The summed E-state index contributed by atoms with van der Waals surface area (Å²) in [6, 6.07) is 2.70. The molecule has 0 atom stereocenters. The molecule has 0 spiro atoms. The zero-order valence-corrected chi connectivity index (χ0v) is 11.7. The van der Waals surface area contributed by atoms with Crippen molar-refractivity contribution in [1.29, 1.82) is 0 Å². The van der Waals surface area contributed by atoms with Crippen LogP contribution in [0.25, 0.3) is 0 Å². The highest BCUT2D eigenvalue weighted by molar-refractivity contribution is 7.92. The molecule has 2 rings (SSSR count). The average Bonchev–Trinajstić information content (AvgIpc) is 2.69. The quantitative estimate of drug-likeness (QED) is 0.868. The van der Waals surface area contributed by atoms with Gasteiger partial charge in [-0.25, -0.2) is 9.78 Å². The van der Waals surface area contributed by atoms with Gasteiger partial charge in [0, 0.05) is 13.2 Å². The van der Waals surface area contributed by atoms with Gasteiger partial charge in [0.2, 0.25) is 0 Å². The number of pyridine rings is 1. The summed E-state index contributed by atoms with van der Waals surface area (Å²) in [5, 5.41) is 12.3. The lowest BCUT2D eigenvalue weighted by Gasteiger charge is -2.10. The number of carboxylic acids is 1. The van der Waals surface area contributed by atoms with E-state index in [2.05, 4.69) is 14.8 Å². The number of aromatic carboxylic acids is 1. The average molecular weight is 317 g/mol. The topological polar surface area (TPSA) is 114 Å². The van der Waals surface area contributed by atoms with Crippen LogP contribution in [-0.2, 0) is 17.1 Å². The van der Waals surface area contributed by atoms with E-state index in [1.807, 2.05) is 0 Å². The zero-order chi connectivity index (χ0) is 14.9. The van der Waals surface area contributed by atoms with Gasteiger partial charge in [0.1, 0.15) is 0 Å². The summed E-state index contributed by atoms with van der Waals surface area (Å²) in [6.07, 6.45) is 2.43. The third kappa shape index (κ3) is 2.58. The fraction of sp³-hybridized carbons (Fsp3) is 0.100.